The molecule has 0 aliphatic rings. The van der Waals surface area contributed by atoms with Gasteiger partial charge < -0.3 is 5.73 Å². The zero-order valence-electron chi connectivity index (χ0n) is 11.8. The lowest BCUT2D eigenvalue weighted by atomic mass is 10.1. The van der Waals surface area contributed by atoms with Crippen LogP contribution in [0.5, 0.6) is 0 Å². The van der Waals surface area contributed by atoms with E-state index in [0.717, 1.165) is 5.56 Å². The van der Waals surface area contributed by atoms with Crippen LogP contribution in [0.4, 0.5) is 11.4 Å². The Labute approximate surface area is 123 Å². The highest BCUT2D eigenvalue weighted by molar-refractivity contribution is 7.92. The van der Waals surface area contributed by atoms with Crippen molar-refractivity contribution in [3.8, 4) is 0 Å². The molecule has 0 saturated carbocycles. The quantitative estimate of drug-likeness (QED) is 0.671. The first-order valence-corrected chi connectivity index (χ1v) is 7.78. The Bertz CT molecular complexity index is 781. The lowest BCUT2D eigenvalue weighted by molar-refractivity contribution is 0.101. The zero-order valence-corrected chi connectivity index (χ0v) is 12.6. The first-order valence-electron chi connectivity index (χ1n) is 6.29. The molecule has 21 heavy (non-hydrogen) atoms. The summed E-state index contributed by atoms with van der Waals surface area (Å²) in [7, 11) is -3.70. The van der Waals surface area contributed by atoms with E-state index >= 15 is 0 Å². The summed E-state index contributed by atoms with van der Waals surface area (Å²) in [5.41, 5.74) is 7.89. The molecule has 2 aromatic rings. The molecule has 0 spiro atoms. The third-order valence-electron chi connectivity index (χ3n) is 3.10. The normalized spacial score (nSPS) is 11.1. The average molecular weight is 304 g/mol. The van der Waals surface area contributed by atoms with Gasteiger partial charge in [-0.25, -0.2) is 8.42 Å². The molecule has 6 heteroatoms. The van der Waals surface area contributed by atoms with Crippen molar-refractivity contribution in [2.75, 3.05) is 10.5 Å². The number of sulfonamides is 1. The van der Waals surface area contributed by atoms with Crippen LogP contribution >= 0.6 is 0 Å². The summed E-state index contributed by atoms with van der Waals surface area (Å²) < 4.78 is 27.0. The largest absolute Gasteiger partial charge is 0.398 e. The van der Waals surface area contributed by atoms with Gasteiger partial charge in [-0.3, -0.25) is 9.52 Å². The minimum atomic E-state index is -3.70. The summed E-state index contributed by atoms with van der Waals surface area (Å²) in [5.74, 6) is -0.0734. The van der Waals surface area contributed by atoms with Crippen LogP contribution in [0.25, 0.3) is 0 Å². The number of ketones is 1. The number of rotatable bonds is 4. The van der Waals surface area contributed by atoms with E-state index in [-0.39, 0.29) is 10.7 Å². The molecule has 0 fully saturated rings. The Hall–Kier alpha value is -2.34. The van der Waals surface area contributed by atoms with Crippen molar-refractivity contribution in [3.63, 3.8) is 0 Å². The molecule has 0 bridgehead atoms. The van der Waals surface area contributed by atoms with Gasteiger partial charge in [-0.05, 0) is 55.8 Å². The highest BCUT2D eigenvalue weighted by Crippen LogP contribution is 2.20. The van der Waals surface area contributed by atoms with Crippen LogP contribution in [0.3, 0.4) is 0 Å². The van der Waals surface area contributed by atoms with E-state index in [9.17, 15) is 13.2 Å². The van der Waals surface area contributed by atoms with Crippen LogP contribution in [0.2, 0.25) is 0 Å². The van der Waals surface area contributed by atoms with E-state index in [1.165, 1.54) is 19.1 Å². The predicted octanol–water partition coefficient (Wildman–Crippen LogP) is 2.58. The molecule has 3 N–H and O–H groups in total. The molecule has 2 rings (SSSR count). The molecule has 5 nitrogen and oxygen atoms in total. The molecule has 110 valence electrons. The highest BCUT2D eigenvalue weighted by atomic mass is 32.2. The number of Topliss-reactive ketones (excluding diaryl/α,β-unsaturated/α-hetero) is 1. The van der Waals surface area contributed by atoms with Crippen molar-refractivity contribution in [3.05, 3.63) is 53.6 Å². The van der Waals surface area contributed by atoms with E-state index in [1.807, 2.05) is 0 Å². The van der Waals surface area contributed by atoms with Gasteiger partial charge >= 0.3 is 0 Å². The third kappa shape index (κ3) is 3.41. The lowest BCUT2D eigenvalue weighted by Crippen LogP contribution is -2.13. The van der Waals surface area contributed by atoms with Gasteiger partial charge in [0.25, 0.3) is 10.0 Å². The van der Waals surface area contributed by atoms with Crippen molar-refractivity contribution in [2.24, 2.45) is 0 Å². The van der Waals surface area contributed by atoms with Gasteiger partial charge in [0, 0.05) is 16.9 Å². The van der Waals surface area contributed by atoms with Gasteiger partial charge in [-0.2, -0.15) is 0 Å². The van der Waals surface area contributed by atoms with E-state index in [1.54, 1.807) is 37.3 Å². The van der Waals surface area contributed by atoms with E-state index < -0.39 is 10.0 Å². The van der Waals surface area contributed by atoms with Crippen LogP contribution in [-0.2, 0) is 10.0 Å². The number of carbonyl (C=O) groups excluding carboxylic acids is 1. The number of hydrogen-bond donors (Lipinski definition) is 2. The molecular weight excluding hydrogens is 288 g/mol. The van der Waals surface area contributed by atoms with Crippen LogP contribution in [0, 0.1) is 6.92 Å². The molecule has 0 unspecified atom stereocenters. The molecule has 0 amide bonds. The number of carbonyl (C=O) groups is 1. The minimum absolute atomic E-state index is 0.0734. The Morgan fingerprint density at radius 1 is 1.10 bits per heavy atom. The Kier molecular flexibility index (Phi) is 3.99. The second kappa shape index (κ2) is 5.57. The summed E-state index contributed by atoms with van der Waals surface area (Å²) in [5, 5.41) is 0. The molecule has 0 saturated heterocycles. The standard InChI is InChI=1S/C15H16N2O3S/c1-10-3-8-14(9-15(10)16)21(19,20)17-13-6-4-12(5-7-13)11(2)18/h3-9,17H,16H2,1-2H3. The second-order valence-corrected chi connectivity index (χ2v) is 6.44. The van der Waals surface area contributed by atoms with Gasteiger partial charge in [0.2, 0.25) is 0 Å². The van der Waals surface area contributed by atoms with Crippen LogP contribution in [-0.4, -0.2) is 14.2 Å². The number of nitrogen functional groups attached to an aromatic ring is 1. The number of nitrogens with two attached hydrogens (primary N) is 1. The Morgan fingerprint density at radius 3 is 2.24 bits per heavy atom. The van der Waals surface area contributed by atoms with Crippen molar-refractivity contribution >= 4 is 27.2 Å². The third-order valence-corrected chi connectivity index (χ3v) is 4.48. The fourth-order valence-corrected chi connectivity index (χ4v) is 2.87. The summed E-state index contributed by atoms with van der Waals surface area (Å²) in [6, 6.07) is 10.8. The fourth-order valence-electron chi connectivity index (χ4n) is 1.77. The van der Waals surface area contributed by atoms with Gasteiger partial charge in [0.1, 0.15) is 0 Å². The van der Waals surface area contributed by atoms with Crippen molar-refractivity contribution in [1.29, 1.82) is 0 Å². The molecule has 0 aliphatic carbocycles. The topological polar surface area (TPSA) is 89.3 Å². The monoisotopic (exact) mass is 304 g/mol. The minimum Gasteiger partial charge on any atom is -0.398 e. The van der Waals surface area contributed by atoms with Gasteiger partial charge in [0.05, 0.1) is 4.90 Å². The SMILES string of the molecule is CC(=O)c1ccc(NS(=O)(=O)c2ccc(C)c(N)c2)cc1. The fraction of sp³-hybridized carbons (Fsp3) is 0.133. The Morgan fingerprint density at radius 2 is 1.71 bits per heavy atom. The van der Waals surface area contributed by atoms with Crippen molar-refractivity contribution in [1.82, 2.24) is 0 Å². The van der Waals surface area contributed by atoms with E-state index in [0.29, 0.717) is 16.9 Å². The maximum absolute atomic E-state index is 12.3. The first-order chi connectivity index (χ1) is 9.79. The number of anilines is 2. The van der Waals surface area contributed by atoms with Crippen molar-refractivity contribution in [2.45, 2.75) is 18.7 Å². The maximum atomic E-state index is 12.3. The van der Waals surface area contributed by atoms with Crippen molar-refractivity contribution < 1.29 is 13.2 Å². The molecule has 0 atom stereocenters. The molecular formula is C15H16N2O3S. The maximum Gasteiger partial charge on any atom is 0.261 e. The zero-order chi connectivity index (χ0) is 15.6. The van der Waals surface area contributed by atoms with Gasteiger partial charge in [-0.1, -0.05) is 6.07 Å². The number of benzene rings is 2. The van der Waals surface area contributed by atoms with Crippen LogP contribution < -0.4 is 10.5 Å². The van der Waals surface area contributed by atoms with E-state index in [2.05, 4.69) is 4.72 Å². The number of hydrogen-bond acceptors (Lipinski definition) is 4. The highest BCUT2D eigenvalue weighted by Gasteiger charge is 2.15. The summed E-state index contributed by atoms with van der Waals surface area (Å²) in [4.78, 5) is 11.3. The van der Waals surface area contributed by atoms with Gasteiger partial charge in [-0.15, -0.1) is 0 Å². The lowest BCUT2D eigenvalue weighted by Gasteiger charge is -2.10. The Balaban J connectivity index is 2.28. The summed E-state index contributed by atoms with van der Waals surface area (Å²) in [6.45, 7) is 3.26. The molecule has 2 aromatic carbocycles. The number of nitrogens with one attached hydrogen (secondary N) is 1. The summed E-state index contributed by atoms with van der Waals surface area (Å²) >= 11 is 0. The molecule has 0 radical (unpaired) electrons. The average Bonchev–Trinajstić information content (AvgIpc) is 2.42. The second-order valence-electron chi connectivity index (χ2n) is 4.76. The van der Waals surface area contributed by atoms with Crippen LogP contribution in [0.15, 0.2) is 47.4 Å². The van der Waals surface area contributed by atoms with E-state index in [4.69, 9.17) is 5.73 Å². The smallest absolute Gasteiger partial charge is 0.261 e. The summed E-state index contributed by atoms with van der Waals surface area (Å²) in [6.07, 6.45) is 0. The molecule has 0 aliphatic heterocycles. The van der Waals surface area contributed by atoms with Gasteiger partial charge in [0.15, 0.2) is 5.78 Å². The molecule has 0 aromatic heterocycles. The first kappa shape index (κ1) is 15.1. The predicted molar refractivity (Wildman–Crippen MR) is 82.8 cm³/mol. The molecule has 0 heterocycles. The van der Waals surface area contributed by atoms with Crippen LogP contribution in [0.1, 0.15) is 22.8 Å². The number of aryl methyl sites for hydroxylation is 1.